The Morgan fingerprint density at radius 3 is 2.57 bits per heavy atom. The van der Waals surface area contributed by atoms with Crippen LogP contribution in [0.3, 0.4) is 0 Å². The monoisotopic (exact) mass is 194 g/mol. The lowest BCUT2D eigenvalue weighted by atomic mass is 10.0. The highest BCUT2D eigenvalue weighted by atomic mass is 15.2. The van der Waals surface area contributed by atoms with E-state index in [4.69, 9.17) is 5.73 Å². The fraction of sp³-hybridized carbons (Fsp3) is 0.600. The second-order valence-electron chi connectivity index (χ2n) is 4.03. The average molecular weight is 194 g/mol. The summed E-state index contributed by atoms with van der Waals surface area (Å²) in [7, 11) is 2.01. The minimum atomic E-state index is 0.0719. The first-order valence-electron chi connectivity index (χ1n) is 4.78. The summed E-state index contributed by atoms with van der Waals surface area (Å²) >= 11 is 0. The van der Waals surface area contributed by atoms with Gasteiger partial charge in [-0.15, -0.1) is 0 Å². The molecule has 1 heterocycles. The molecule has 0 spiro atoms. The second-order valence-corrected chi connectivity index (χ2v) is 4.03. The molecule has 1 aromatic rings. The number of nitrogens with two attached hydrogens (primary N) is 1. The number of anilines is 2. The number of aromatic nitrogens is 2. The van der Waals surface area contributed by atoms with E-state index in [1.54, 1.807) is 12.4 Å². The maximum absolute atomic E-state index is 5.58. The van der Waals surface area contributed by atoms with Gasteiger partial charge in [0.25, 0.3) is 0 Å². The molecular weight excluding hydrogens is 176 g/mol. The van der Waals surface area contributed by atoms with E-state index in [1.165, 1.54) is 0 Å². The van der Waals surface area contributed by atoms with Crippen LogP contribution < -0.4 is 10.6 Å². The summed E-state index contributed by atoms with van der Waals surface area (Å²) in [5.74, 6) is 1.28. The Hall–Kier alpha value is -1.32. The van der Waals surface area contributed by atoms with E-state index >= 15 is 0 Å². The largest absolute Gasteiger partial charge is 0.382 e. The summed E-state index contributed by atoms with van der Waals surface area (Å²) in [6, 6.07) is 0. The lowest BCUT2D eigenvalue weighted by Crippen LogP contribution is -2.41. The van der Waals surface area contributed by atoms with E-state index in [0.717, 1.165) is 12.2 Å². The molecule has 0 aromatic carbocycles. The van der Waals surface area contributed by atoms with Gasteiger partial charge >= 0.3 is 0 Å². The fourth-order valence-corrected chi connectivity index (χ4v) is 1.08. The van der Waals surface area contributed by atoms with E-state index in [1.807, 2.05) is 7.05 Å². The van der Waals surface area contributed by atoms with Crippen LogP contribution in [0.25, 0.3) is 0 Å². The second kappa shape index (κ2) is 3.82. The molecule has 1 aromatic heterocycles. The number of hydrogen-bond acceptors (Lipinski definition) is 4. The summed E-state index contributed by atoms with van der Waals surface area (Å²) in [6.07, 6.45) is 4.32. The van der Waals surface area contributed by atoms with Crippen molar-refractivity contribution in [3.8, 4) is 0 Å². The Bertz CT molecular complexity index is 309. The SMILES string of the molecule is CCC(C)(C)N(C)c1cncc(N)n1. The van der Waals surface area contributed by atoms with Crippen molar-refractivity contribution in [1.29, 1.82) is 0 Å². The maximum atomic E-state index is 5.58. The Morgan fingerprint density at radius 1 is 1.43 bits per heavy atom. The van der Waals surface area contributed by atoms with E-state index in [0.29, 0.717) is 5.82 Å². The van der Waals surface area contributed by atoms with Crippen LogP contribution in [0.4, 0.5) is 11.6 Å². The quantitative estimate of drug-likeness (QED) is 0.795. The molecule has 2 N–H and O–H groups in total. The third kappa shape index (κ3) is 2.13. The van der Waals surface area contributed by atoms with E-state index in [-0.39, 0.29) is 5.54 Å². The van der Waals surface area contributed by atoms with E-state index in [2.05, 4.69) is 35.6 Å². The van der Waals surface area contributed by atoms with Gasteiger partial charge in [0.15, 0.2) is 0 Å². The lowest BCUT2D eigenvalue weighted by Gasteiger charge is -2.35. The number of nitrogens with zero attached hydrogens (tertiary/aromatic N) is 3. The van der Waals surface area contributed by atoms with Crippen molar-refractivity contribution >= 4 is 11.6 Å². The molecule has 78 valence electrons. The van der Waals surface area contributed by atoms with Gasteiger partial charge in [-0.1, -0.05) is 6.92 Å². The summed E-state index contributed by atoms with van der Waals surface area (Å²) in [6.45, 7) is 6.48. The molecule has 0 aliphatic heterocycles. The topological polar surface area (TPSA) is 55.0 Å². The van der Waals surface area contributed by atoms with Crippen LogP contribution >= 0.6 is 0 Å². The highest BCUT2D eigenvalue weighted by molar-refractivity contribution is 5.42. The molecule has 0 aliphatic rings. The molecule has 14 heavy (non-hydrogen) atoms. The standard InChI is InChI=1S/C10H18N4/c1-5-10(2,3)14(4)9-7-12-6-8(11)13-9/h6-7H,5H2,1-4H3,(H2,11,13). The normalized spacial score (nSPS) is 11.4. The first-order valence-corrected chi connectivity index (χ1v) is 4.78. The Labute approximate surface area is 85.2 Å². The molecule has 4 heteroatoms. The van der Waals surface area contributed by atoms with Crippen LogP contribution in [0.5, 0.6) is 0 Å². The Morgan fingerprint density at radius 2 is 2.07 bits per heavy atom. The van der Waals surface area contributed by atoms with Crippen LogP contribution in [0.15, 0.2) is 12.4 Å². The molecule has 0 saturated heterocycles. The van der Waals surface area contributed by atoms with Crippen molar-refractivity contribution in [3.63, 3.8) is 0 Å². The van der Waals surface area contributed by atoms with E-state index < -0.39 is 0 Å². The van der Waals surface area contributed by atoms with Crippen LogP contribution in [-0.4, -0.2) is 22.6 Å². The molecular formula is C10H18N4. The number of hydrogen-bond donors (Lipinski definition) is 1. The van der Waals surface area contributed by atoms with Gasteiger partial charge < -0.3 is 10.6 Å². The summed E-state index contributed by atoms with van der Waals surface area (Å²) in [5.41, 5.74) is 5.65. The molecule has 0 bridgehead atoms. The average Bonchev–Trinajstić information content (AvgIpc) is 2.16. The summed E-state index contributed by atoms with van der Waals surface area (Å²) < 4.78 is 0. The third-order valence-corrected chi connectivity index (χ3v) is 2.76. The Balaban J connectivity index is 2.94. The van der Waals surface area contributed by atoms with Gasteiger partial charge in [0.05, 0.1) is 12.4 Å². The molecule has 0 radical (unpaired) electrons. The molecule has 0 unspecified atom stereocenters. The first kappa shape index (κ1) is 10.8. The van der Waals surface area contributed by atoms with E-state index in [9.17, 15) is 0 Å². The molecule has 0 aliphatic carbocycles. The molecule has 1 rings (SSSR count). The van der Waals surface area contributed by atoms with Crippen molar-refractivity contribution in [2.75, 3.05) is 17.7 Å². The van der Waals surface area contributed by atoms with Gasteiger partial charge in [0, 0.05) is 12.6 Å². The maximum Gasteiger partial charge on any atom is 0.149 e. The van der Waals surface area contributed by atoms with Crippen molar-refractivity contribution in [2.45, 2.75) is 32.7 Å². The minimum Gasteiger partial charge on any atom is -0.382 e. The van der Waals surface area contributed by atoms with Gasteiger partial charge in [-0.25, -0.2) is 4.98 Å². The van der Waals surface area contributed by atoms with Crippen LogP contribution in [0, 0.1) is 0 Å². The van der Waals surface area contributed by atoms with Crippen molar-refractivity contribution in [3.05, 3.63) is 12.4 Å². The van der Waals surface area contributed by atoms with Crippen LogP contribution in [-0.2, 0) is 0 Å². The lowest BCUT2D eigenvalue weighted by molar-refractivity contribution is 0.467. The smallest absolute Gasteiger partial charge is 0.149 e. The van der Waals surface area contributed by atoms with Gasteiger partial charge in [-0.3, -0.25) is 4.98 Å². The number of rotatable bonds is 3. The first-order chi connectivity index (χ1) is 6.47. The highest BCUT2D eigenvalue weighted by Gasteiger charge is 2.22. The summed E-state index contributed by atoms with van der Waals surface area (Å²) in [5, 5.41) is 0. The summed E-state index contributed by atoms with van der Waals surface area (Å²) in [4.78, 5) is 10.3. The molecule has 0 fully saturated rings. The molecule has 0 amide bonds. The zero-order valence-electron chi connectivity index (χ0n) is 9.28. The van der Waals surface area contributed by atoms with Crippen molar-refractivity contribution in [2.24, 2.45) is 0 Å². The molecule has 0 atom stereocenters. The predicted octanol–water partition coefficient (Wildman–Crippen LogP) is 1.68. The molecule has 4 nitrogen and oxygen atoms in total. The van der Waals surface area contributed by atoms with Gasteiger partial charge in [0.2, 0.25) is 0 Å². The number of nitrogen functional groups attached to an aromatic ring is 1. The third-order valence-electron chi connectivity index (χ3n) is 2.76. The van der Waals surface area contributed by atoms with Crippen molar-refractivity contribution in [1.82, 2.24) is 9.97 Å². The van der Waals surface area contributed by atoms with Gasteiger partial charge in [-0.05, 0) is 20.3 Å². The fourth-order valence-electron chi connectivity index (χ4n) is 1.08. The zero-order valence-corrected chi connectivity index (χ0v) is 9.28. The minimum absolute atomic E-state index is 0.0719. The zero-order chi connectivity index (χ0) is 10.8. The van der Waals surface area contributed by atoms with Crippen LogP contribution in [0.2, 0.25) is 0 Å². The predicted molar refractivity (Wildman–Crippen MR) is 59.2 cm³/mol. The highest BCUT2D eigenvalue weighted by Crippen LogP contribution is 2.22. The van der Waals surface area contributed by atoms with Crippen LogP contribution in [0.1, 0.15) is 27.2 Å². The Kier molecular flexibility index (Phi) is 2.93. The molecule has 0 saturated carbocycles. The van der Waals surface area contributed by atoms with Crippen molar-refractivity contribution < 1.29 is 0 Å². The van der Waals surface area contributed by atoms with Gasteiger partial charge in [0.1, 0.15) is 11.6 Å². The van der Waals surface area contributed by atoms with Gasteiger partial charge in [-0.2, -0.15) is 0 Å².